The van der Waals surface area contributed by atoms with Gasteiger partial charge >= 0.3 is 0 Å². The molecule has 20 aromatic rings. The summed E-state index contributed by atoms with van der Waals surface area (Å²) < 4.78 is 9.90. The van der Waals surface area contributed by atoms with Crippen LogP contribution in [0.15, 0.2) is 376 Å². The van der Waals surface area contributed by atoms with Crippen molar-refractivity contribution in [3.63, 3.8) is 0 Å². The van der Waals surface area contributed by atoms with Gasteiger partial charge in [0.05, 0.1) is 44.1 Å². The molecule has 0 aliphatic heterocycles. The zero-order valence-electron chi connectivity index (χ0n) is 54.6. The van der Waals surface area contributed by atoms with Crippen LogP contribution in [0, 0.1) is 0 Å². The molecule has 0 aliphatic carbocycles. The maximum atomic E-state index is 2.50. The van der Waals surface area contributed by atoms with Crippen molar-refractivity contribution in [3.05, 3.63) is 376 Å². The van der Waals surface area contributed by atoms with Crippen LogP contribution in [0.2, 0.25) is 0 Å². The van der Waals surface area contributed by atoms with E-state index in [1.165, 1.54) is 93.0 Å². The van der Waals surface area contributed by atoms with E-state index in [1.54, 1.807) is 0 Å². The summed E-state index contributed by atoms with van der Waals surface area (Å²) in [6.45, 7) is 0. The van der Waals surface area contributed by atoms with Crippen molar-refractivity contribution < 1.29 is 0 Å². The first-order chi connectivity index (χ1) is 49.6. The molecular weight excluding hydrogens is 1210 g/mol. The summed E-state index contributed by atoms with van der Waals surface area (Å²) in [6, 6.07) is 139. The van der Waals surface area contributed by atoms with Gasteiger partial charge in [0.25, 0.3) is 0 Å². The lowest BCUT2D eigenvalue weighted by molar-refractivity contribution is 1.16. The predicted molar refractivity (Wildman–Crippen MR) is 422 cm³/mol. The molecule has 0 radical (unpaired) electrons. The monoisotopic (exact) mass is 1270 g/mol. The lowest BCUT2D eigenvalue weighted by atomic mass is 9.91. The molecule has 16 aromatic carbocycles. The number of benzene rings is 16. The van der Waals surface area contributed by atoms with E-state index in [9.17, 15) is 0 Å². The summed E-state index contributed by atoms with van der Waals surface area (Å²) in [5.74, 6) is 0. The molecule has 4 heterocycles. The molecule has 0 fully saturated rings. The highest BCUT2D eigenvalue weighted by Crippen LogP contribution is 2.46. The molecule has 100 heavy (non-hydrogen) atoms. The molecule has 0 spiro atoms. The quantitative estimate of drug-likeness (QED) is 0.123. The van der Waals surface area contributed by atoms with Crippen LogP contribution in [-0.2, 0) is 0 Å². The van der Waals surface area contributed by atoms with E-state index >= 15 is 0 Å². The summed E-state index contributed by atoms with van der Waals surface area (Å²) in [5.41, 5.74) is 30.0. The molecule has 4 heteroatoms. The molecule has 0 saturated heterocycles. The SMILES string of the molecule is c1ccc(-c2cccc(-c3cc(-c4cccc(-c5ccccc5-c5cccc(-n6c7ccccc7c7cc8c9ccccc9n(-c9cc(-c%10ccccc%10)cc(-c%10ccccc%10)c9)c8cc76)c5)c4)cc(-n4c5ccccc5c5cc6c7ccccc7n(-c7ccccc7)c6cc54)c3)c2)cc1. The number of rotatable bonds is 11. The Morgan fingerprint density at radius 3 is 0.790 bits per heavy atom. The Labute approximate surface area is 578 Å². The van der Waals surface area contributed by atoms with Crippen LogP contribution in [0.4, 0.5) is 0 Å². The maximum absolute atomic E-state index is 2.50. The van der Waals surface area contributed by atoms with Gasteiger partial charge in [-0.1, -0.05) is 255 Å². The highest BCUT2D eigenvalue weighted by atomic mass is 15.0. The number of nitrogens with zero attached hydrogens (tertiary/aromatic N) is 4. The Morgan fingerprint density at radius 1 is 0.120 bits per heavy atom. The normalized spacial score (nSPS) is 11.8. The minimum absolute atomic E-state index is 1.09. The van der Waals surface area contributed by atoms with Gasteiger partial charge in [-0.2, -0.15) is 0 Å². The van der Waals surface area contributed by atoms with Crippen molar-refractivity contribution in [2.45, 2.75) is 0 Å². The molecule has 0 aliphatic rings. The van der Waals surface area contributed by atoms with E-state index in [0.717, 1.165) is 94.8 Å². The van der Waals surface area contributed by atoms with E-state index in [2.05, 4.69) is 394 Å². The van der Waals surface area contributed by atoms with E-state index in [1.807, 2.05) is 0 Å². The second-order valence-corrected chi connectivity index (χ2v) is 26.4. The Balaban J connectivity index is 0.742. The van der Waals surface area contributed by atoms with E-state index < -0.39 is 0 Å². The lowest BCUT2D eigenvalue weighted by Crippen LogP contribution is -1.97. The number of hydrogen-bond donors (Lipinski definition) is 0. The van der Waals surface area contributed by atoms with Crippen molar-refractivity contribution >= 4 is 87.2 Å². The molecule has 4 nitrogen and oxygen atoms in total. The van der Waals surface area contributed by atoms with Gasteiger partial charge in [-0.05, 0) is 199 Å². The van der Waals surface area contributed by atoms with Crippen molar-refractivity contribution in [1.29, 1.82) is 0 Å². The zero-order chi connectivity index (χ0) is 65.8. The van der Waals surface area contributed by atoms with Crippen molar-refractivity contribution in [3.8, 4) is 101 Å². The van der Waals surface area contributed by atoms with Crippen LogP contribution in [0.3, 0.4) is 0 Å². The smallest absolute Gasteiger partial charge is 0.0562 e. The van der Waals surface area contributed by atoms with E-state index in [4.69, 9.17) is 0 Å². The second kappa shape index (κ2) is 23.2. The van der Waals surface area contributed by atoms with Gasteiger partial charge in [0.15, 0.2) is 0 Å². The van der Waals surface area contributed by atoms with Crippen molar-refractivity contribution in [2.75, 3.05) is 0 Å². The number of aromatic nitrogens is 4. The fraction of sp³-hybridized carbons (Fsp3) is 0. The average molecular weight is 1270 g/mol. The zero-order valence-corrected chi connectivity index (χ0v) is 54.6. The molecule has 0 unspecified atom stereocenters. The molecule has 466 valence electrons. The molecule has 4 aromatic heterocycles. The number of fused-ring (bicyclic) bond motifs is 12. The summed E-state index contributed by atoms with van der Waals surface area (Å²) >= 11 is 0. The van der Waals surface area contributed by atoms with E-state index in [0.29, 0.717) is 0 Å². The minimum Gasteiger partial charge on any atom is -0.309 e. The average Bonchev–Trinajstić information content (AvgIpc) is 1.57. The van der Waals surface area contributed by atoms with Crippen LogP contribution in [0.5, 0.6) is 0 Å². The fourth-order valence-electron chi connectivity index (χ4n) is 16.1. The first-order valence-electron chi connectivity index (χ1n) is 34.5. The third kappa shape index (κ3) is 9.37. The van der Waals surface area contributed by atoms with Gasteiger partial charge in [0, 0.05) is 65.8 Å². The highest BCUT2D eigenvalue weighted by Gasteiger charge is 2.23. The number of para-hydroxylation sites is 5. The first kappa shape index (κ1) is 57.0. The van der Waals surface area contributed by atoms with Crippen LogP contribution < -0.4 is 0 Å². The largest absolute Gasteiger partial charge is 0.309 e. The van der Waals surface area contributed by atoms with Gasteiger partial charge in [0.2, 0.25) is 0 Å². The van der Waals surface area contributed by atoms with Crippen LogP contribution >= 0.6 is 0 Å². The molecular formula is C96H62N4. The second-order valence-electron chi connectivity index (χ2n) is 26.4. The summed E-state index contributed by atoms with van der Waals surface area (Å²) in [6.07, 6.45) is 0. The van der Waals surface area contributed by atoms with Gasteiger partial charge in [0.1, 0.15) is 0 Å². The van der Waals surface area contributed by atoms with Crippen LogP contribution in [0.25, 0.3) is 188 Å². The third-order valence-electron chi connectivity index (χ3n) is 20.7. The van der Waals surface area contributed by atoms with Gasteiger partial charge in [-0.25, -0.2) is 0 Å². The topological polar surface area (TPSA) is 19.7 Å². The number of hydrogen-bond acceptors (Lipinski definition) is 0. The van der Waals surface area contributed by atoms with Crippen molar-refractivity contribution in [1.82, 2.24) is 18.3 Å². The molecule has 20 rings (SSSR count). The minimum atomic E-state index is 1.09. The summed E-state index contributed by atoms with van der Waals surface area (Å²) in [4.78, 5) is 0. The molecule has 0 saturated carbocycles. The summed E-state index contributed by atoms with van der Waals surface area (Å²) in [5, 5.41) is 9.79. The summed E-state index contributed by atoms with van der Waals surface area (Å²) in [7, 11) is 0. The fourth-order valence-corrected chi connectivity index (χ4v) is 16.1. The standard InChI is InChI=1S/C96H62N4/c1-5-26-63(27-6-1)66-32-23-33-67(50-66)73-53-74(58-78(57-73)100-92-49-22-18-44-83(92)87-59-85-81-42-15-19-46-89(81)97(93(85)61-95(87)100)75-37-11-4-12-38-75)68-34-24-35-69(51-68)79-40-13-14-41-80(79)70-36-25-39-76(54-70)98-90-47-20-16-43-82(90)86-60-88-84-45-17-21-48-91(84)99(96(88)62-94(86)98)77-55-71(64-28-7-2-8-29-64)52-72(56-77)65-30-9-3-10-31-65/h1-62H. The first-order valence-corrected chi connectivity index (χ1v) is 34.5. The lowest BCUT2D eigenvalue weighted by Gasteiger charge is -2.16. The van der Waals surface area contributed by atoms with Gasteiger partial charge < -0.3 is 18.3 Å². The molecule has 0 bridgehead atoms. The Morgan fingerprint density at radius 2 is 0.370 bits per heavy atom. The van der Waals surface area contributed by atoms with Gasteiger partial charge in [-0.3, -0.25) is 0 Å². The highest BCUT2D eigenvalue weighted by molar-refractivity contribution is 6.21. The van der Waals surface area contributed by atoms with Gasteiger partial charge in [-0.15, -0.1) is 0 Å². The molecule has 0 N–H and O–H groups in total. The maximum Gasteiger partial charge on any atom is 0.0562 e. The van der Waals surface area contributed by atoms with Crippen LogP contribution in [0.1, 0.15) is 0 Å². The molecule has 0 amide bonds. The Kier molecular flexibility index (Phi) is 13.2. The van der Waals surface area contributed by atoms with Crippen LogP contribution in [-0.4, -0.2) is 18.3 Å². The Hall–Kier alpha value is -13.3. The molecule has 0 atom stereocenters. The van der Waals surface area contributed by atoms with Crippen molar-refractivity contribution in [2.24, 2.45) is 0 Å². The predicted octanol–water partition coefficient (Wildman–Crippen LogP) is 25.7. The Bertz CT molecular complexity index is 6570. The van der Waals surface area contributed by atoms with E-state index in [-0.39, 0.29) is 0 Å². The third-order valence-corrected chi connectivity index (χ3v) is 20.7.